The first-order valence-electron chi connectivity index (χ1n) is 13.9. The van der Waals surface area contributed by atoms with Gasteiger partial charge in [-0.2, -0.15) is 10.6 Å². The number of rotatable bonds is 6. The number of ether oxygens (including phenoxy) is 2. The van der Waals surface area contributed by atoms with Crippen molar-refractivity contribution >= 4 is 19.2 Å². The van der Waals surface area contributed by atoms with Crippen LogP contribution in [0.1, 0.15) is 127 Å². The molecule has 196 valence electrons. The molecule has 2 saturated heterocycles. The fourth-order valence-corrected chi connectivity index (χ4v) is 6.49. The van der Waals surface area contributed by atoms with Crippen molar-refractivity contribution in [2.75, 3.05) is 26.4 Å². The molecule has 36 heavy (non-hydrogen) atoms. The van der Waals surface area contributed by atoms with Crippen LogP contribution in [-0.2, 0) is 9.47 Å². The third-order valence-corrected chi connectivity index (χ3v) is 8.04. The van der Waals surface area contributed by atoms with Gasteiger partial charge in [-0.25, -0.2) is 0 Å². The molecule has 0 N–H and O–H groups in total. The van der Waals surface area contributed by atoms with E-state index >= 15 is 0 Å². The Labute approximate surface area is 246 Å². The van der Waals surface area contributed by atoms with E-state index in [1.807, 2.05) is 0 Å². The normalized spacial score (nSPS) is 15.0. The van der Waals surface area contributed by atoms with Crippen molar-refractivity contribution in [2.24, 2.45) is 0 Å². The van der Waals surface area contributed by atoms with Crippen molar-refractivity contribution in [3.8, 4) is 0 Å². The van der Waals surface area contributed by atoms with Gasteiger partial charge in [0.25, 0.3) is 0 Å². The van der Waals surface area contributed by atoms with E-state index < -0.39 is 0 Å². The summed E-state index contributed by atoms with van der Waals surface area (Å²) in [5.74, 6) is 2.20. The molecule has 0 bridgehead atoms. The Hall–Kier alpha value is -0.210. The van der Waals surface area contributed by atoms with Crippen LogP contribution >= 0.6 is 8.58 Å². The molecule has 2 aliphatic rings. The van der Waals surface area contributed by atoms with Crippen molar-refractivity contribution < 1.29 is 39.0 Å². The van der Waals surface area contributed by atoms with Crippen LogP contribution in [0.5, 0.6) is 0 Å². The van der Waals surface area contributed by atoms with Gasteiger partial charge in [0, 0.05) is 26.4 Å². The van der Waals surface area contributed by atoms with Gasteiger partial charge in [0.05, 0.1) is 0 Å². The molecule has 4 heteroatoms. The maximum Gasteiger partial charge on any atom is 1.00 e. The number of hydrogen-bond acceptors (Lipinski definition) is 2. The van der Waals surface area contributed by atoms with Crippen LogP contribution < -0.4 is 40.2 Å². The molecular formula is C32H50NaO2P. The molecule has 2 heterocycles. The molecule has 0 unspecified atom stereocenters. The van der Waals surface area contributed by atoms with Gasteiger partial charge < -0.3 is 18.1 Å². The summed E-state index contributed by atoms with van der Waals surface area (Å²) in [5.41, 5.74) is 6.00. The average Bonchev–Trinajstić information content (AvgIpc) is 3.58. The number of benzene rings is 2. The minimum Gasteiger partial charge on any atom is -0.471 e. The van der Waals surface area contributed by atoms with Crippen LogP contribution in [0.4, 0.5) is 0 Å². The summed E-state index contributed by atoms with van der Waals surface area (Å²) in [7, 11) is 1.38. The van der Waals surface area contributed by atoms with Gasteiger partial charge >= 0.3 is 29.6 Å². The second-order valence-electron chi connectivity index (χ2n) is 10.9. The molecule has 0 aromatic heterocycles. The second kappa shape index (κ2) is 18.1. The van der Waals surface area contributed by atoms with Crippen molar-refractivity contribution in [3.63, 3.8) is 0 Å². The van der Waals surface area contributed by atoms with Gasteiger partial charge in [-0.1, -0.05) is 114 Å². The molecule has 2 nitrogen and oxygen atoms in total. The van der Waals surface area contributed by atoms with Gasteiger partial charge in [-0.3, -0.25) is 0 Å². The SMILES string of the molecule is C1CCOC1.C1CCOC1.CC(C)c1cccc(C(C)C)c1[P-]c1c(C(C)C)cccc1C(C)C.[Na+]. The fourth-order valence-electron chi connectivity index (χ4n) is 4.41. The average molecular weight is 521 g/mol. The second-order valence-corrected chi connectivity index (χ2v) is 12.1. The summed E-state index contributed by atoms with van der Waals surface area (Å²) in [6.45, 7) is 22.5. The van der Waals surface area contributed by atoms with Crippen LogP contribution in [-0.4, -0.2) is 26.4 Å². The zero-order valence-electron chi connectivity index (χ0n) is 24.7. The fraction of sp³-hybridized carbons (Fsp3) is 0.625. The van der Waals surface area contributed by atoms with Crippen LogP contribution in [0.25, 0.3) is 0 Å². The smallest absolute Gasteiger partial charge is 0.471 e. The van der Waals surface area contributed by atoms with E-state index in [0.717, 1.165) is 26.4 Å². The summed E-state index contributed by atoms with van der Waals surface area (Å²) < 4.78 is 9.89. The van der Waals surface area contributed by atoms with Gasteiger partial charge in [-0.05, 0) is 49.4 Å². The standard InChI is InChI=1S/C24H34P.2C4H8O.Na/c1-15(2)19-11-9-12-20(16(3)4)23(19)25-24-21(17(5)6)13-10-14-22(24)18(7)8;2*1-2-4-5-3-1;/h9-18H,1-8H3;2*1-4H2;/q-1;;;+1. The monoisotopic (exact) mass is 520 g/mol. The van der Waals surface area contributed by atoms with E-state index in [1.165, 1.54) is 67.1 Å². The van der Waals surface area contributed by atoms with E-state index in [2.05, 4.69) is 91.8 Å². The van der Waals surface area contributed by atoms with Crippen molar-refractivity contribution in [2.45, 2.75) is 105 Å². The summed E-state index contributed by atoms with van der Waals surface area (Å²) >= 11 is 0. The molecule has 0 amide bonds. The predicted octanol–water partition coefficient (Wildman–Crippen LogP) is 5.67. The third-order valence-electron chi connectivity index (χ3n) is 6.56. The molecule has 0 saturated carbocycles. The zero-order valence-corrected chi connectivity index (χ0v) is 27.6. The van der Waals surface area contributed by atoms with Crippen LogP contribution in [0.3, 0.4) is 0 Å². The Bertz CT molecular complexity index is 729. The van der Waals surface area contributed by atoms with Gasteiger partial charge in [0.2, 0.25) is 0 Å². The molecular weight excluding hydrogens is 470 g/mol. The zero-order chi connectivity index (χ0) is 25.8. The molecule has 0 atom stereocenters. The van der Waals surface area contributed by atoms with Gasteiger partial charge in [0.1, 0.15) is 0 Å². The predicted molar refractivity (Wildman–Crippen MR) is 156 cm³/mol. The number of hydrogen-bond donors (Lipinski definition) is 0. The Kier molecular flexibility index (Phi) is 17.0. The molecule has 2 aromatic rings. The molecule has 4 rings (SSSR count). The Morgan fingerprint density at radius 1 is 0.500 bits per heavy atom. The Balaban J connectivity index is 0.000000484. The van der Waals surface area contributed by atoms with Crippen molar-refractivity contribution in [1.82, 2.24) is 0 Å². The first-order valence-corrected chi connectivity index (χ1v) is 14.8. The summed E-state index contributed by atoms with van der Waals surface area (Å²) in [6, 6.07) is 13.8. The van der Waals surface area contributed by atoms with Gasteiger partial charge in [-0.15, -0.1) is 0 Å². The Morgan fingerprint density at radius 2 is 0.750 bits per heavy atom. The van der Waals surface area contributed by atoms with Crippen LogP contribution in [0.2, 0.25) is 0 Å². The van der Waals surface area contributed by atoms with E-state index in [4.69, 9.17) is 9.47 Å². The third kappa shape index (κ3) is 10.9. The maximum atomic E-state index is 4.94. The molecule has 2 aromatic carbocycles. The molecule has 2 aliphatic heterocycles. The van der Waals surface area contributed by atoms with Crippen molar-refractivity contribution in [1.29, 1.82) is 0 Å². The van der Waals surface area contributed by atoms with E-state index in [-0.39, 0.29) is 29.6 Å². The molecule has 0 spiro atoms. The largest absolute Gasteiger partial charge is 1.00 e. The first-order chi connectivity index (χ1) is 16.7. The minimum absolute atomic E-state index is 0. The van der Waals surface area contributed by atoms with E-state index in [9.17, 15) is 0 Å². The van der Waals surface area contributed by atoms with Crippen LogP contribution in [0, 0.1) is 0 Å². The first kappa shape index (κ1) is 33.8. The quantitative estimate of drug-likeness (QED) is 0.361. The van der Waals surface area contributed by atoms with Gasteiger partial charge in [0.15, 0.2) is 0 Å². The molecule has 0 radical (unpaired) electrons. The maximum absolute atomic E-state index is 4.94. The topological polar surface area (TPSA) is 18.5 Å². The minimum atomic E-state index is 0. The van der Waals surface area contributed by atoms with Crippen molar-refractivity contribution in [3.05, 3.63) is 58.7 Å². The summed E-state index contributed by atoms with van der Waals surface area (Å²) in [5, 5.41) is 3.06. The van der Waals surface area contributed by atoms with Crippen LogP contribution in [0.15, 0.2) is 36.4 Å². The van der Waals surface area contributed by atoms with E-state index in [0.29, 0.717) is 23.7 Å². The molecule has 2 fully saturated rings. The Morgan fingerprint density at radius 3 is 0.917 bits per heavy atom. The summed E-state index contributed by atoms with van der Waals surface area (Å²) in [6.07, 6.45) is 5.11. The summed E-state index contributed by atoms with van der Waals surface area (Å²) in [4.78, 5) is 0. The molecule has 0 aliphatic carbocycles. The van der Waals surface area contributed by atoms with E-state index in [1.54, 1.807) is 0 Å².